The molecule has 1 saturated heterocycles. The fraction of sp³-hybridized carbons (Fsp3) is 1.00. The van der Waals surface area contributed by atoms with Crippen molar-refractivity contribution in [2.24, 2.45) is 5.41 Å². The van der Waals surface area contributed by atoms with Crippen molar-refractivity contribution >= 4 is 0 Å². The number of halogens is 1. The molecule has 0 aromatic rings. The summed E-state index contributed by atoms with van der Waals surface area (Å²) in [6.45, 7) is 6.80. The minimum absolute atomic E-state index is 0.0825. The van der Waals surface area contributed by atoms with Crippen LogP contribution in [0.5, 0.6) is 0 Å². The molecule has 1 heterocycles. The third kappa shape index (κ3) is 3.67. The van der Waals surface area contributed by atoms with Gasteiger partial charge in [0.25, 0.3) is 0 Å². The Morgan fingerprint density at radius 1 is 1.46 bits per heavy atom. The molecule has 13 heavy (non-hydrogen) atoms. The molecular weight excluding hydrogens is 287 g/mol. The van der Waals surface area contributed by atoms with E-state index in [0.717, 1.165) is 0 Å². The predicted molar refractivity (Wildman–Crippen MR) is 42.2 cm³/mol. The zero-order chi connectivity index (χ0) is 9.95. The van der Waals surface area contributed by atoms with Gasteiger partial charge < -0.3 is 0 Å². The summed E-state index contributed by atoms with van der Waals surface area (Å²) >= 11 is -0.375. The van der Waals surface area contributed by atoms with Gasteiger partial charge in [-0.2, -0.15) is 0 Å². The molecule has 1 aliphatic rings. The molecule has 0 spiro atoms. The van der Waals surface area contributed by atoms with E-state index < -0.39 is 6.16 Å². The van der Waals surface area contributed by atoms with E-state index in [0.29, 0.717) is 11.2 Å². The molecular formula is C8H16IO4-. The summed E-state index contributed by atoms with van der Waals surface area (Å²) in [5.41, 5.74) is 0.0825. The molecule has 5 heteroatoms. The van der Waals surface area contributed by atoms with Crippen molar-refractivity contribution in [3.05, 3.63) is 0 Å². The van der Waals surface area contributed by atoms with E-state index in [1.54, 1.807) is 0 Å². The van der Waals surface area contributed by atoms with Crippen molar-refractivity contribution in [1.29, 1.82) is 0 Å². The Kier molecular flexibility index (Phi) is 3.94. The molecule has 1 aliphatic heterocycles. The van der Waals surface area contributed by atoms with E-state index in [1.165, 1.54) is 7.11 Å². The molecule has 1 atom stereocenters. The summed E-state index contributed by atoms with van der Waals surface area (Å²) < 4.78 is 21.7. The van der Waals surface area contributed by atoms with Crippen molar-refractivity contribution in [3.63, 3.8) is 0 Å². The van der Waals surface area contributed by atoms with Crippen LogP contribution >= 0.6 is 0 Å². The molecule has 0 amide bonds. The maximum absolute atomic E-state index is 5.46. The molecule has 1 unspecified atom stereocenters. The number of ether oxygens (including phenoxy) is 3. The fourth-order valence-corrected chi connectivity index (χ4v) is 2.17. The van der Waals surface area contributed by atoms with E-state index in [9.17, 15) is 0 Å². The van der Waals surface area contributed by atoms with Gasteiger partial charge in [-0.1, -0.05) is 0 Å². The summed E-state index contributed by atoms with van der Waals surface area (Å²) in [4.78, 5) is 0. The van der Waals surface area contributed by atoms with Crippen molar-refractivity contribution in [1.82, 2.24) is 0 Å². The molecule has 0 bridgehead atoms. The SMILES string of the molecule is COC1(OCC(C)(C)C)OC[I-]O1. The Morgan fingerprint density at radius 2 is 2.15 bits per heavy atom. The van der Waals surface area contributed by atoms with Crippen LogP contribution in [0.4, 0.5) is 0 Å². The van der Waals surface area contributed by atoms with Gasteiger partial charge in [0, 0.05) is 0 Å². The number of hydrogen-bond acceptors (Lipinski definition) is 4. The summed E-state index contributed by atoms with van der Waals surface area (Å²) in [5, 5.41) is 0. The van der Waals surface area contributed by atoms with Crippen LogP contribution in [0.1, 0.15) is 20.8 Å². The van der Waals surface area contributed by atoms with E-state index in [4.69, 9.17) is 17.3 Å². The van der Waals surface area contributed by atoms with Crippen LogP contribution in [-0.4, -0.2) is 24.5 Å². The molecule has 80 valence electrons. The molecule has 1 rings (SSSR count). The molecule has 0 saturated carbocycles. The number of methoxy groups -OCH3 is 1. The zero-order valence-corrected chi connectivity index (χ0v) is 10.6. The second-order valence-corrected chi connectivity index (χ2v) is 5.68. The molecule has 4 nitrogen and oxygen atoms in total. The normalized spacial score (nSPS) is 30.2. The first kappa shape index (κ1) is 11.6. The molecule has 1 fully saturated rings. The minimum atomic E-state index is -1.21. The van der Waals surface area contributed by atoms with Gasteiger partial charge in [-0.3, -0.25) is 0 Å². The fourth-order valence-electron chi connectivity index (χ4n) is 0.719. The second kappa shape index (κ2) is 4.39. The van der Waals surface area contributed by atoms with Crippen molar-refractivity contribution in [2.45, 2.75) is 26.9 Å². The Hall–Kier alpha value is 0.570. The first-order valence-corrected chi connectivity index (χ1v) is 6.48. The van der Waals surface area contributed by atoms with Gasteiger partial charge in [0.2, 0.25) is 0 Å². The van der Waals surface area contributed by atoms with Crippen LogP contribution in [-0.2, 0) is 17.3 Å². The van der Waals surface area contributed by atoms with Gasteiger partial charge in [0.05, 0.1) is 0 Å². The monoisotopic (exact) mass is 303 g/mol. The van der Waals surface area contributed by atoms with Crippen LogP contribution in [0.2, 0.25) is 0 Å². The maximum atomic E-state index is 5.46. The third-order valence-electron chi connectivity index (χ3n) is 1.36. The van der Waals surface area contributed by atoms with Gasteiger partial charge in [-0.25, -0.2) is 0 Å². The molecule has 0 aromatic carbocycles. The number of rotatable bonds is 3. The molecule has 0 aliphatic carbocycles. The van der Waals surface area contributed by atoms with Crippen LogP contribution < -0.4 is 21.6 Å². The summed E-state index contributed by atoms with van der Waals surface area (Å²) in [5.74, 6) is 0. The van der Waals surface area contributed by atoms with Gasteiger partial charge in [0.15, 0.2) is 0 Å². The van der Waals surface area contributed by atoms with Crippen molar-refractivity contribution in [2.75, 3.05) is 18.3 Å². The van der Waals surface area contributed by atoms with Gasteiger partial charge in [0.1, 0.15) is 0 Å². The summed E-state index contributed by atoms with van der Waals surface area (Å²) in [6.07, 6.45) is -1.21. The summed E-state index contributed by atoms with van der Waals surface area (Å²) in [7, 11) is 1.53. The molecule has 0 radical (unpaired) electrons. The molecule has 0 N–H and O–H groups in total. The van der Waals surface area contributed by atoms with E-state index in [1.807, 2.05) is 0 Å². The first-order valence-electron chi connectivity index (χ1n) is 4.08. The van der Waals surface area contributed by atoms with Gasteiger partial charge >= 0.3 is 89.6 Å². The van der Waals surface area contributed by atoms with Gasteiger partial charge in [-0.05, 0) is 0 Å². The molecule has 0 aromatic heterocycles. The third-order valence-corrected chi connectivity index (χ3v) is 2.77. The average Bonchev–Trinajstić information content (AvgIpc) is 2.49. The second-order valence-electron chi connectivity index (χ2n) is 3.99. The van der Waals surface area contributed by atoms with Gasteiger partial charge in [-0.15, -0.1) is 0 Å². The quantitative estimate of drug-likeness (QED) is 0.354. The zero-order valence-electron chi connectivity index (χ0n) is 8.43. The van der Waals surface area contributed by atoms with Crippen molar-refractivity contribution < 1.29 is 38.9 Å². The van der Waals surface area contributed by atoms with Crippen LogP contribution in [0.25, 0.3) is 0 Å². The number of hydrogen-bond donors (Lipinski definition) is 0. The Balaban J connectivity index is 2.40. The Morgan fingerprint density at radius 3 is 2.54 bits per heavy atom. The summed E-state index contributed by atoms with van der Waals surface area (Å²) in [6, 6.07) is 0. The van der Waals surface area contributed by atoms with E-state index in [2.05, 4.69) is 20.8 Å². The predicted octanol–water partition coefficient (Wildman–Crippen LogP) is -1.68. The standard InChI is InChI=1S/C8H16IO4/c1-7(2,3)5-11-8(10-4)12-6-9-13-8/h5-6H2,1-4H3/q-1. The first-order chi connectivity index (χ1) is 5.97. The Bertz CT molecular complexity index is 160. The topological polar surface area (TPSA) is 36.9 Å². The van der Waals surface area contributed by atoms with Crippen molar-refractivity contribution in [3.8, 4) is 0 Å². The Labute approximate surface area is 89.7 Å². The van der Waals surface area contributed by atoms with E-state index in [-0.39, 0.29) is 27.0 Å². The number of alkyl halides is 1. The average molecular weight is 303 g/mol. The van der Waals surface area contributed by atoms with Crippen LogP contribution in [0, 0.1) is 5.41 Å². The van der Waals surface area contributed by atoms with Crippen LogP contribution in [0.3, 0.4) is 0 Å². The van der Waals surface area contributed by atoms with Crippen LogP contribution in [0.15, 0.2) is 0 Å². The van der Waals surface area contributed by atoms with E-state index >= 15 is 0 Å².